The molecule has 1 N–H and O–H groups in total. The lowest BCUT2D eigenvalue weighted by Crippen LogP contribution is -2.24. The molecule has 0 bridgehead atoms. The highest BCUT2D eigenvalue weighted by Gasteiger charge is 2.30. The van der Waals surface area contributed by atoms with E-state index in [1.165, 1.54) is 24.3 Å². The van der Waals surface area contributed by atoms with E-state index >= 15 is 0 Å². The van der Waals surface area contributed by atoms with E-state index in [2.05, 4.69) is 17.2 Å². The molecule has 0 atom stereocenters. The van der Waals surface area contributed by atoms with E-state index in [4.69, 9.17) is 21.1 Å². The fourth-order valence-electron chi connectivity index (χ4n) is 2.39. The first-order chi connectivity index (χ1) is 12.8. The number of nitrogens with one attached hydrogen (secondary N) is 1. The Labute approximate surface area is 158 Å². The zero-order chi connectivity index (χ0) is 19.4. The predicted molar refractivity (Wildman–Crippen MR) is 93.1 cm³/mol. The lowest BCUT2D eigenvalue weighted by Gasteiger charge is -2.20. The van der Waals surface area contributed by atoms with Gasteiger partial charge in [-0.05, 0) is 30.3 Å². The predicted octanol–water partition coefficient (Wildman–Crippen LogP) is 3.91. The molecule has 1 amide bonds. The zero-order valence-electron chi connectivity index (χ0n) is 13.8. The molecule has 140 valence electrons. The van der Waals surface area contributed by atoms with Crippen molar-refractivity contribution in [2.45, 2.75) is 6.18 Å². The number of alkyl halides is 3. The Morgan fingerprint density at radius 2 is 1.96 bits per heavy atom. The maximum atomic E-state index is 12.7. The molecule has 0 fully saturated rings. The van der Waals surface area contributed by atoms with E-state index in [1.54, 1.807) is 0 Å². The number of carbonyl (C=O) groups excluding carboxylic acids is 1. The van der Waals surface area contributed by atoms with Crippen LogP contribution in [0.25, 0.3) is 0 Å². The Bertz CT molecular complexity index is 932. The third-order valence-corrected chi connectivity index (χ3v) is 3.90. The molecular formula is C19H13ClF3NO3. The van der Waals surface area contributed by atoms with Crippen LogP contribution in [0.15, 0.2) is 36.4 Å². The Morgan fingerprint density at radius 3 is 2.74 bits per heavy atom. The molecule has 27 heavy (non-hydrogen) atoms. The number of rotatable bonds is 2. The molecule has 0 aliphatic carbocycles. The SMILES string of the molecule is O=C(NCC#Cc1cccc(C(F)(F)F)c1)c1cc(Cl)c2c(c1)OCCO2. The third-order valence-electron chi connectivity index (χ3n) is 3.62. The summed E-state index contributed by atoms with van der Waals surface area (Å²) in [7, 11) is 0. The number of hydrogen-bond donors (Lipinski definition) is 1. The maximum absolute atomic E-state index is 12.7. The van der Waals surface area contributed by atoms with Crippen LogP contribution >= 0.6 is 11.6 Å². The second-order valence-electron chi connectivity index (χ2n) is 5.55. The van der Waals surface area contributed by atoms with Gasteiger partial charge in [-0.1, -0.05) is 29.5 Å². The molecule has 2 aromatic rings. The maximum Gasteiger partial charge on any atom is 0.416 e. The second kappa shape index (κ2) is 7.80. The minimum Gasteiger partial charge on any atom is -0.486 e. The van der Waals surface area contributed by atoms with Crippen molar-refractivity contribution >= 4 is 17.5 Å². The smallest absolute Gasteiger partial charge is 0.416 e. The van der Waals surface area contributed by atoms with Crippen molar-refractivity contribution in [3.05, 3.63) is 58.1 Å². The summed E-state index contributed by atoms with van der Waals surface area (Å²) >= 11 is 6.08. The van der Waals surface area contributed by atoms with Gasteiger partial charge in [-0.3, -0.25) is 4.79 Å². The molecule has 1 heterocycles. The Hall–Kier alpha value is -2.85. The van der Waals surface area contributed by atoms with Crippen molar-refractivity contribution < 1.29 is 27.4 Å². The molecule has 3 rings (SSSR count). The molecule has 0 radical (unpaired) electrons. The van der Waals surface area contributed by atoms with E-state index < -0.39 is 17.6 Å². The van der Waals surface area contributed by atoms with Crippen LogP contribution in [-0.2, 0) is 6.18 Å². The Kier molecular flexibility index (Phi) is 5.47. The topological polar surface area (TPSA) is 47.6 Å². The zero-order valence-corrected chi connectivity index (χ0v) is 14.6. The average Bonchev–Trinajstić information content (AvgIpc) is 2.64. The van der Waals surface area contributed by atoms with E-state index in [9.17, 15) is 18.0 Å². The standard InChI is InChI=1S/C19H13ClF3NO3/c20-15-10-13(11-16-17(15)27-8-7-26-16)18(25)24-6-2-4-12-3-1-5-14(9-12)19(21,22)23/h1,3,5,9-11H,6-8H2,(H,24,25). The molecule has 1 aliphatic heterocycles. The average molecular weight is 396 g/mol. The summed E-state index contributed by atoms with van der Waals surface area (Å²) in [4.78, 5) is 12.2. The van der Waals surface area contributed by atoms with Gasteiger partial charge in [-0.25, -0.2) is 0 Å². The first-order valence-corrected chi connectivity index (χ1v) is 8.26. The molecular weight excluding hydrogens is 383 g/mol. The fraction of sp³-hybridized carbons (Fsp3) is 0.211. The number of ether oxygens (including phenoxy) is 2. The van der Waals surface area contributed by atoms with Crippen molar-refractivity contribution in [1.29, 1.82) is 0 Å². The summed E-state index contributed by atoms with van der Waals surface area (Å²) in [5, 5.41) is 2.82. The molecule has 0 aromatic heterocycles. The Morgan fingerprint density at radius 1 is 1.19 bits per heavy atom. The number of halogens is 4. The minimum absolute atomic E-state index is 0.0405. The lowest BCUT2D eigenvalue weighted by atomic mass is 10.1. The summed E-state index contributed by atoms with van der Waals surface area (Å²) in [5.41, 5.74) is -0.296. The Balaban J connectivity index is 1.64. The van der Waals surface area contributed by atoms with Crippen LogP contribution in [0.5, 0.6) is 11.5 Å². The highest BCUT2D eigenvalue weighted by atomic mass is 35.5. The van der Waals surface area contributed by atoms with Gasteiger partial charge < -0.3 is 14.8 Å². The van der Waals surface area contributed by atoms with Crippen molar-refractivity contribution in [3.63, 3.8) is 0 Å². The van der Waals surface area contributed by atoms with Gasteiger partial charge in [0, 0.05) is 11.1 Å². The molecule has 4 nitrogen and oxygen atoms in total. The largest absolute Gasteiger partial charge is 0.486 e. The summed E-state index contributed by atoms with van der Waals surface area (Å²) in [5.74, 6) is 5.55. The monoisotopic (exact) mass is 395 g/mol. The van der Waals surface area contributed by atoms with E-state index in [-0.39, 0.29) is 22.7 Å². The van der Waals surface area contributed by atoms with Crippen LogP contribution in [0.4, 0.5) is 13.2 Å². The molecule has 2 aromatic carbocycles. The third kappa shape index (κ3) is 4.66. The minimum atomic E-state index is -4.43. The first-order valence-electron chi connectivity index (χ1n) is 7.88. The van der Waals surface area contributed by atoms with Gasteiger partial charge in [0.1, 0.15) is 13.2 Å². The van der Waals surface area contributed by atoms with Gasteiger partial charge >= 0.3 is 6.18 Å². The molecule has 0 unspecified atom stereocenters. The van der Waals surface area contributed by atoms with Crippen molar-refractivity contribution in [2.75, 3.05) is 19.8 Å². The highest BCUT2D eigenvalue weighted by molar-refractivity contribution is 6.32. The van der Waals surface area contributed by atoms with Crippen molar-refractivity contribution in [2.24, 2.45) is 0 Å². The number of fused-ring (bicyclic) bond motifs is 1. The van der Waals surface area contributed by atoms with Crippen LogP contribution in [0, 0.1) is 11.8 Å². The normalized spacial score (nSPS) is 12.7. The van der Waals surface area contributed by atoms with Crippen molar-refractivity contribution in [1.82, 2.24) is 5.32 Å². The fourth-order valence-corrected chi connectivity index (χ4v) is 2.65. The van der Waals surface area contributed by atoms with Gasteiger partial charge in [0.2, 0.25) is 0 Å². The highest BCUT2D eigenvalue weighted by Crippen LogP contribution is 2.38. The molecule has 8 heteroatoms. The summed E-state index contributed by atoms with van der Waals surface area (Å²) in [6.07, 6.45) is -4.43. The van der Waals surface area contributed by atoms with Crippen LogP contribution in [0.1, 0.15) is 21.5 Å². The number of benzene rings is 2. The van der Waals surface area contributed by atoms with E-state index in [1.807, 2.05) is 0 Å². The quantitative estimate of drug-likeness (QED) is 0.784. The van der Waals surface area contributed by atoms with Crippen LogP contribution in [0.3, 0.4) is 0 Å². The molecule has 0 saturated heterocycles. The summed E-state index contributed by atoms with van der Waals surface area (Å²) in [6.45, 7) is 0.696. The summed E-state index contributed by atoms with van der Waals surface area (Å²) in [6, 6.07) is 7.63. The number of amides is 1. The lowest BCUT2D eigenvalue weighted by molar-refractivity contribution is -0.137. The van der Waals surface area contributed by atoms with Gasteiger partial charge in [-0.2, -0.15) is 13.2 Å². The van der Waals surface area contributed by atoms with Gasteiger partial charge in [0.05, 0.1) is 17.1 Å². The van der Waals surface area contributed by atoms with Crippen LogP contribution in [-0.4, -0.2) is 25.7 Å². The van der Waals surface area contributed by atoms with Gasteiger partial charge in [0.25, 0.3) is 5.91 Å². The molecule has 0 saturated carbocycles. The molecule has 0 spiro atoms. The van der Waals surface area contributed by atoms with Gasteiger partial charge in [-0.15, -0.1) is 0 Å². The van der Waals surface area contributed by atoms with Crippen LogP contribution in [0.2, 0.25) is 5.02 Å². The van der Waals surface area contributed by atoms with E-state index in [0.717, 1.165) is 12.1 Å². The van der Waals surface area contributed by atoms with Crippen LogP contribution < -0.4 is 14.8 Å². The molecule has 1 aliphatic rings. The van der Waals surface area contributed by atoms with Crippen molar-refractivity contribution in [3.8, 4) is 23.3 Å². The second-order valence-corrected chi connectivity index (χ2v) is 5.95. The summed E-state index contributed by atoms with van der Waals surface area (Å²) < 4.78 is 48.8. The number of hydrogen-bond acceptors (Lipinski definition) is 3. The number of carbonyl (C=O) groups is 1. The first kappa shape index (κ1) is 18.9. The van der Waals surface area contributed by atoms with Gasteiger partial charge in [0.15, 0.2) is 11.5 Å². The van der Waals surface area contributed by atoms with E-state index in [0.29, 0.717) is 24.7 Å².